The predicted molar refractivity (Wildman–Crippen MR) is 101 cm³/mol. The lowest BCUT2D eigenvalue weighted by Crippen LogP contribution is -2.36. The molecule has 0 radical (unpaired) electrons. The number of benzene rings is 2. The average Bonchev–Trinajstić information content (AvgIpc) is 2.46. The van der Waals surface area contributed by atoms with E-state index >= 15 is 0 Å². The molecule has 0 spiro atoms. The molecule has 0 aliphatic rings. The fraction of sp³-hybridized carbons (Fsp3) is 0.263. The number of carbonyl (C=O) groups excluding carboxylic acids is 2. The van der Waals surface area contributed by atoms with E-state index in [-0.39, 0.29) is 18.4 Å². The van der Waals surface area contributed by atoms with Crippen molar-refractivity contribution in [1.29, 1.82) is 0 Å². The molecule has 0 unspecified atom stereocenters. The Morgan fingerprint density at radius 3 is 2.21 bits per heavy atom. The molecule has 0 saturated carbocycles. The summed E-state index contributed by atoms with van der Waals surface area (Å²) in [4.78, 5) is 25.9. The van der Waals surface area contributed by atoms with E-state index in [1.54, 1.807) is 0 Å². The zero-order chi connectivity index (χ0) is 17.9. The summed E-state index contributed by atoms with van der Waals surface area (Å²) in [6.07, 6.45) is 0. The SMILES string of the molecule is CC(=O)N(CC(=O)Nc1ccc(Br)cc1C)c1cc(C)cc(C)c1. The highest BCUT2D eigenvalue weighted by Crippen LogP contribution is 2.21. The van der Waals surface area contributed by atoms with E-state index in [4.69, 9.17) is 0 Å². The number of amides is 2. The van der Waals surface area contributed by atoms with Crippen molar-refractivity contribution >= 4 is 39.1 Å². The number of rotatable bonds is 4. The van der Waals surface area contributed by atoms with Gasteiger partial charge in [-0.05, 0) is 67.8 Å². The van der Waals surface area contributed by atoms with Crippen molar-refractivity contribution in [1.82, 2.24) is 0 Å². The molecule has 0 heterocycles. The fourth-order valence-corrected chi connectivity index (χ4v) is 3.07. The molecule has 0 fully saturated rings. The average molecular weight is 389 g/mol. The van der Waals surface area contributed by atoms with Crippen molar-refractivity contribution < 1.29 is 9.59 Å². The van der Waals surface area contributed by atoms with Crippen LogP contribution in [0.1, 0.15) is 23.6 Å². The zero-order valence-electron chi connectivity index (χ0n) is 14.3. The topological polar surface area (TPSA) is 49.4 Å². The molecule has 0 aliphatic carbocycles. The Hall–Kier alpha value is -2.14. The number of hydrogen-bond donors (Lipinski definition) is 1. The van der Waals surface area contributed by atoms with Crippen LogP contribution >= 0.6 is 15.9 Å². The molecule has 2 aromatic rings. The maximum Gasteiger partial charge on any atom is 0.244 e. The molecule has 0 saturated heterocycles. The Balaban J connectivity index is 2.18. The van der Waals surface area contributed by atoms with Gasteiger partial charge in [-0.3, -0.25) is 9.59 Å². The zero-order valence-corrected chi connectivity index (χ0v) is 15.9. The Kier molecular flexibility index (Phi) is 5.78. The monoisotopic (exact) mass is 388 g/mol. The summed E-state index contributed by atoms with van der Waals surface area (Å²) >= 11 is 3.40. The normalized spacial score (nSPS) is 10.4. The lowest BCUT2D eigenvalue weighted by Gasteiger charge is -2.22. The second kappa shape index (κ2) is 7.62. The quantitative estimate of drug-likeness (QED) is 0.845. The molecule has 0 aliphatic heterocycles. The van der Waals surface area contributed by atoms with Crippen LogP contribution in [0.4, 0.5) is 11.4 Å². The number of nitrogens with zero attached hydrogens (tertiary/aromatic N) is 1. The maximum atomic E-state index is 12.4. The van der Waals surface area contributed by atoms with Crippen LogP contribution < -0.4 is 10.2 Å². The van der Waals surface area contributed by atoms with E-state index < -0.39 is 0 Å². The summed E-state index contributed by atoms with van der Waals surface area (Å²) in [5.74, 6) is -0.391. The lowest BCUT2D eigenvalue weighted by molar-refractivity contribution is -0.120. The van der Waals surface area contributed by atoms with Gasteiger partial charge in [0.05, 0.1) is 0 Å². The molecule has 2 amide bonds. The van der Waals surface area contributed by atoms with Crippen LogP contribution in [0.2, 0.25) is 0 Å². The summed E-state index contributed by atoms with van der Waals surface area (Å²) in [5, 5.41) is 2.87. The van der Waals surface area contributed by atoms with Crippen LogP contribution in [-0.2, 0) is 9.59 Å². The van der Waals surface area contributed by atoms with Gasteiger partial charge in [-0.2, -0.15) is 0 Å². The van der Waals surface area contributed by atoms with E-state index in [9.17, 15) is 9.59 Å². The fourth-order valence-electron chi connectivity index (χ4n) is 2.59. The van der Waals surface area contributed by atoms with Gasteiger partial charge >= 0.3 is 0 Å². The van der Waals surface area contributed by atoms with Crippen molar-refractivity contribution in [3.05, 3.63) is 57.6 Å². The number of nitrogens with one attached hydrogen (secondary N) is 1. The first-order valence-corrected chi connectivity index (χ1v) is 8.48. The van der Waals surface area contributed by atoms with Crippen LogP contribution in [0.3, 0.4) is 0 Å². The van der Waals surface area contributed by atoms with Gasteiger partial charge in [-0.25, -0.2) is 0 Å². The second-order valence-corrected chi connectivity index (χ2v) is 6.87. The molecule has 24 heavy (non-hydrogen) atoms. The molecule has 2 aromatic carbocycles. The Labute approximate surface area is 151 Å². The predicted octanol–water partition coefficient (Wildman–Crippen LogP) is 4.37. The van der Waals surface area contributed by atoms with Crippen LogP contribution in [0.15, 0.2) is 40.9 Å². The third kappa shape index (κ3) is 4.68. The maximum absolute atomic E-state index is 12.4. The first-order valence-electron chi connectivity index (χ1n) is 7.68. The molecular formula is C19H21BrN2O2. The van der Waals surface area contributed by atoms with E-state index in [0.29, 0.717) is 0 Å². The van der Waals surface area contributed by atoms with Crippen molar-refractivity contribution in [2.24, 2.45) is 0 Å². The molecule has 5 heteroatoms. The Morgan fingerprint density at radius 1 is 1.04 bits per heavy atom. The van der Waals surface area contributed by atoms with Crippen LogP contribution in [0.25, 0.3) is 0 Å². The second-order valence-electron chi connectivity index (χ2n) is 5.96. The van der Waals surface area contributed by atoms with Gasteiger partial charge < -0.3 is 10.2 Å². The molecule has 0 atom stereocenters. The molecule has 0 aromatic heterocycles. The van der Waals surface area contributed by atoms with Gasteiger partial charge in [0, 0.05) is 22.8 Å². The molecule has 2 rings (SSSR count). The van der Waals surface area contributed by atoms with Crippen molar-refractivity contribution in [2.45, 2.75) is 27.7 Å². The van der Waals surface area contributed by atoms with Gasteiger partial charge in [-0.1, -0.05) is 22.0 Å². The van der Waals surface area contributed by atoms with Crippen LogP contribution in [0, 0.1) is 20.8 Å². The number of hydrogen-bond acceptors (Lipinski definition) is 2. The summed E-state index contributed by atoms with van der Waals surface area (Å²) < 4.78 is 0.957. The minimum atomic E-state index is -0.227. The summed E-state index contributed by atoms with van der Waals surface area (Å²) in [5.41, 5.74) is 4.55. The van der Waals surface area contributed by atoms with E-state index in [0.717, 1.165) is 32.5 Å². The van der Waals surface area contributed by atoms with E-state index in [1.165, 1.54) is 11.8 Å². The summed E-state index contributed by atoms with van der Waals surface area (Å²) in [7, 11) is 0. The van der Waals surface area contributed by atoms with Crippen molar-refractivity contribution in [3.63, 3.8) is 0 Å². The van der Waals surface area contributed by atoms with E-state index in [2.05, 4.69) is 21.2 Å². The first kappa shape index (κ1) is 18.2. The van der Waals surface area contributed by atoms with Crippen LogP contribution in [0.5, 0.6) is 0 Å². The van der Waals surface area contributed by atoms with Crippen LogP contribution in [-0.4, -0.2) is 18.4 Å². The van der Waals surface area contributed by atoms with Gasteiger partial charge in [0.2, 0.25) is 11.8 Å². The van der Waals surface area contributed by atoms with E-state index in [1.807, 2.05) is 57.2 Å². The molecule has 126 valence electrons. The molecular weight excluding hydrogens is 368 g/mol. The largest absolute Gasteiger partial charge is 0.324 e. The number of halogens is 1. The van der Waals surface area contributed by atoms with Gasteiger partial charge in [-0.15, -0.1) is 0 Å². The molecule has 4 nitrogen and oxygen atoms in total. The number of anilines is 2. The summed E-state index contributed by atoms with van der Waals surface area (Å²) in [6, 6.07) is 11.5. The van der Waals surface area contributed by atoms with Gasteiger partial charge in [0.1, 0.15) is 6.54 Å². The van der Waals surface area contributed by atoms with Crippen molar-refractivity contribution in [3.8, 4) is 0 Å². The highest BCUT2D eigenvalue weighted by molar-refractivity contribution is 9.10. The first-order chi connectivity index (χ1) is 11.3. The smallest absolute Gasteiger partial charge is 0.244 e. The van der Waals surface area contributed by atoms with Gasteiger partial charge in [0.25, 0.3) is 0 Å². The highest BCUT2D eigenvalue weighted by Gasteiger charge is 2.17. The molecule has 1 N–H and O–H groups in total. The minimum Gasteiger partial charge on any atom is -0.324 e. The Morgan fingerprint density at radius 2 is 1.67 bits per heavy atom. The molecule has 0 bridgehead atoms. The number of aryl methyl sites for hydroxylation is 3. The lowest BCUT2D eigenvalue weighted by atomic mass is 10.1. The minimum absolute atomic E-state index is 0.0201. The third-order valence-electron chi connectivity index (χ3n) is 3.66. The van der Waals surface area contributed by atoms with Gasteiger partial charge in [0.15, 0.2) is 0 Å². The van der Waals surface area contributed by atoms with Crippen molar-refractivity contribution in [2.75, 3.05) is 16.8 Å². The standard InChI is InChI=1S/C19H21BrN2O2/c1-12-7-13(2)9-17(8-12)22(15(4)23)11-19(24)21-18-6-5-16(20)10-14(18)3/h5-10H,11H2,1-4H3,(H,21,24). The number of carbonyl (C=O) groups is 2. The Bertz CT molecular complexity index is 767. The summed E-state index contributed by atoms with van der Waals surface area (Å²) in [6.45, 7) is 7.32. The highest BCUT2D eigenvalue weighted by atomic mass is 79.9. The third-order valence-corrected chi connectivity index (χ3v) is 4.16.